The number of carboxylic acid groups (broad SMARTS) is 1. The van der Waals surface area contributed by atoms with Crippen molar-refractivity contribution in [1.82, 2.24) is 24.5 Å². The van der Waals surface area contributed by atoms with E-state index in [0.717, 1.165) is 23.9 Å². The topological polar surface area (TPSA) is 132 Å². The minimum absolute atomic E-state index is 0.00597. The van der Waals surface area contributed by atoms with Crippen molar-refractivity contribution >= 4 is 17.0 Å². The van der Waals surface area contributed by atoms with Crippen LogP contribution >= 0.6 is 0 Å². The SMILES string of the molecule is Cc1ccc(OCC(=O)O)c(-n2nnc3cc(F)c(-c4c(C(F)(F)F)n(C)c(=O)[nH]c4=O)cc32)c1. The van der Waals surface area contributed by atoms with Crippen LogP contribution in [0.2, 0.25) is 0 Å². The van der Waals surface area contributed by atoms with Gasteiger partial charge in [-0.3, -0.25) is 14.3 Å². The van der Waals surface area contributed by atoms with Crippen LogP contribution in [-0.4, -0.2) is 42.2 Å². The molecule has 0 bridgehead atoms. The van der Waals surface area contributed by atoms with Gasteiger partial charge >= 0.3 is 17.8 Å². The summed E-state index contributed by atoms with van der Waals surface area (Å²) >= 11 is 0. The summed E-state index contributed by atoms with van der Waals surface area (Å²) in [5, 5.41) is 16.6. The fraction of sp³-hybridized carbons (Fsp3) is 0.190. The number of fused-ring (bicyclic) bond motifs is 1. The van der Waals surface area contributed by atoms with E-state index in [1.54, 1.807) is 24.0 Å². The van der Waals surface area contributed by atoms with Gasteiger partial charge in [-0.15, -0.1) is 5.10 Å². The summed E-state index contributed by atoms with van der Waals surface area (Å²) in [7, 11) is 0.797. The molecule has 0 aliphatic heterocycles. The molecule has 0 unspecified atom stereocenters. The van der Waals surface area contributed by atoms with Crippen LogP contribution in [0.25, 0.3) is 27.8 Å². The third-order valence-corrected chi connectivity index (χ3v) is 5.09. The Morgan fingerprint density at radius 1 is 1.20 bits per heavy atom. The molecular weight excluding hydrogens is 478 g/mol. The van der Waals surface area contributed by atoms with E-state index in [0.29, 0.717) is 5.56 Å². The second-order valence-electron chi connectivity index (χ2n) is 7.52. The zero-order valence-corrected chi connectivity index (χ0v) is 18.0. The molecule has 0 saturated carbocycles. The van der Waals surface area contributed by atoms with Crippen molar-refractivity contribution < 1.29 is 32.2 Å². The maximum atomic E-state index is 15.0. The molecule has 14 heteroatoms. The molecule has 0 amide bonds. The van der Waals surface area contributed by atoms with Crippen molar-refractivity contribution in [1.29, 1.82) is 0 Å². The zero-order valence-electron chi connectivity index (χ0n) is 18.0. The van der Waals surface area contributed by atoms with Gasteiger partial charge in [0.25, 0.3) is 5.56 Å². The van der Waals surface area contributed by atoms with Crippen molar-refractivity contribution in [2.24, 2.45) is 7.05 Å². The third kappa shape index (κ3) is 4.25. The molecule has 4 rings (SSSR count). The lowest BCUT2D eigenvalue weighted by Gasteiger charge is -2.16. The lowest BCUT2D eigenvalue weighted by molar-refractivity contribution is -0.143. The summed E-state index contributed by atoms with van der Waals surface area (Å²) in [4.78, 5) is 36.9. The lowest BCUT2D eigenvalue weighted by Crippen LogP contribution is -2.35. The number of benzene rings is 2. The Morgan fingerprint density at radius 3 is 2.57 bits per heavy atom. The summed E-state index contributed by atoms with van der Waals surface area (Å²) in [5.74, 6) is -2.39. The highest BCUT2D eigenvalue weighted by molar-refractivity contribution is 5.84. The van der Waals surface area contributed by atoms with E-state index in [1.165, 1.54) is 6.07 Å². The van der Waals surface area contributed by atoms with Gasteiger partial charge in [0.15, 0.2) is 6.61 Å². The smallest absolute Gasteiger partial charge is 0.432 e. The fourth-order valence-electron chi connectivity index (χ4n) is 3.57. The first-order valence-corrected chi connectivity index (χ1v) is 9.80. The minimum Gasteiger partial charge on any atom is -0.480 e. The van der Waals surface area contributed by atoms with E-state index in [9.17, 15) is 31.9 Å². The number of aromatic nitrogens is 5. The van der Waals surface area contributed by atoms with Gasteiger partial charge in [-0.05, 0) is 30.7 Å². The molecule has 0 aliphatic carbocycles. The Balaban J connectivity index is 2.02. The van der Waals surface area contributed by atoms with Gasteiger partial charge in [0, 0.05) is 18.7 Å². The number of hydrogen-bond acceptors (Lipinski definition) is 6. The average molecular weight is 493 g/mol. The fourth-order valence-corrected chi connectivity index (χ4v) is 3.57. The highest BCUT2D eigenvalue weighted by atomic mass is 19.4. The molecule has 2 heterocycles. The Bertz CT molecular complexity index is 1600. The first kappa shape index (κ1) is 23.7. The van der Waals surface area contributed by atoms with Crippen LogP contribution in [0.1, 0.15) is 11.3 Å². The van der Waals surface area contributed by atoms with Crippen LogP contribution in [0.3, 0.4) is 0 Å². The molecule has 35 heavy (non-hydrogen) atoms. The van der Waals surface area contributed by atoms with E-state index < -0.39 is 52.6 Å². The molecule has 10 nitrogen and oxygen atoms in total. The van der Waals surface area contributed by atoms with E-state index in [1.807, 2.05) is 0 Å². The van der Waals surface area contributed by atoms with Crippen molar-refractivity contribution in [3.63, 3.8) is 0 Å². The Kier molecular flexibility index (Phi) is 5.66. The Labute approximate surface area is 192 Å². The minimum atomic E-state index is -5.16. The Morgan fingerprint density at radius 2 is 1.91 bits per heavy atom. The van der Waals surface area contributed by atoms with Gasteiger partial charge in [-0.25, -0.2) is 18.7 Å². The number of nitrogens with zero attached hydrogens (tertiary/aromatic N) is 4. The third-order valence-electron chi connectivity index (χ3n) is 5.09. The number of aromatic amines is 1. The molecule has 0 fully saturated rings. The van der Waals surface area contributed by atoms with E-state index in [4.69, 9.17) is 9.84 Å². The van der Waals surface area contributed by atoms with Crippen molar-refractivity contribution in [2.75, 3.05) is 6.61 Å². The van der Waals surface area contributed by atoms with Gasteiger partial charge in [0.1, 0.15) is 28.5 Å². The van der Waals surface area contributed by atoms with Crippen LogP contribution in [0.4, 0.5) is 17.6 Å². The maximum Gasteiger partial charge on any atom is 0.432 e. The molecule has 4 aromatic rings. The van der Waals surface area contributed by atoms with Crippen LogP contribution in [-0.2, 0) is 18.0 Å². The number of H-pyrrole nitrogens is 1. The number of hydrogen-bond donors (Lipinski definition) is 2. The van der Waals surface area contributed by atoms with Crippen molar-refractivity contribution in [2.45, 2.75) is 13.1 Å². The summed E-state index contributed by atoms with van der Waals surface area (Å²) in [5.41, 5.74) is -5.42. The number of halogens is 4. The highest BCUT2D eigenvalue weighted by Gasteiger charge is 2.39. The maximum absolute atomic E-state index is 15.0. The summed E-state index contributed by atoms with van der Waals surface area (Å²) in [6, 6.07) is 6.38. The zero-order chi connectivity index (χ0) is 25.7. The number of carboxylic acids is 1. The number of carbonyl (C=O) groups is 1. The molecule has 0 aliphatic rings. The number of ether oxygens (including phenoxy) is 1. The lowest BCUT2D eigenvalue weighted by atomic mass is 10.0. The molecule has 0 atom stereocenters. The predicted molar refractivity (Wildman–Crippen MR) is 113 cm³/mol. The quantitative estimate of drug-likeness (QED) is 0.408. The normalized spacial score (nSPS) is 11.7. The number of aliphatic carboxylic acids is 1. The predicted octanol–water partition coefficient (Wildman–Crippen LogP) is 2.40. The van der Waals surface area contributed by atoms with Crippen molar-refractivity contribution in [3.8, 4) is 22.6 Å². The largest absolute Gasteiger partial charge is 0.480 e. The molecule has 0 spiro atoms. The summed E-state index contributed by atoms with van der Waals surface area (Å²) < 4.78 is 62.9. The number of alkyl halides is 3. The first-order chi connectivity index (χ1) is 16.4. The van der Waals surface area contributed by atoms with Gasteiger partial charge < -0.3 is 9.84 Å². The number of aryl methyl sites for hydroxylation is 1. The molecule has 0 saturated heterocycles. The second kappa shape index (κ2) is 8.38. The molecule has 182 valence electrons. The van der Waals surface area contributed by atoms with Crippen LogP contribution in [0.5, 0.6) is 5.75 Å². The van der Waals surface area contributed by atoms with Crippen LogP contribution in [0.15, 0.2) is 39.9 Å². The van der Waals surface area contributed by atoms with E-state index in [2.05, 4.69) is 10.3 Å². The molecule has 2 N–H and O–H groups in total. The first-order valence-electron chi connectivity index (χ1n) is 9.80. The van der Waals surface area contributed by atoms with Gasteiger partial charge in [0.2, 0.25) is 0 Å². The summed E-state index contributed by atoms with van der Waals surface area (Å²) in [6.45, 7) is 1.03. The second-order valence-corrected chi connectivity index (χ2v) is 7.52. The molecule has 2 aromatic carbocycles. The molecule has 0 radical (unpaired) electrons. The molecule has 2 aromatic heterocycles. The highest BCUT2D eigenvalue weighted by Crippen LogP contribution is 2.36. The van der Waals surface area contributed by atoms with Crippen LogP contribution < -0.4 is 16.0 Å². The van der Waals surface area contributed by atoms with E-state index in [-0.39, 0.29) is 27.0 Å². The molecular formula is C21H15F4N5O5. The van der Waals surface area contributed by atoms with Crippen molar-refractivity contribution in [3.05, 3.63) is 68.2 Å². The summed E-state index contributed by atoms with van der Waals surface area (Å²) in [6.07, 6.45) is -5.16. The average Bonchev–Trinajstić information content (AvgIpc) is 3.16. The van der Waals surface area contributed by atoms with Gasteiger partial charge in [-0.2, -0.15) is 13.2 Å². The Hall–Kier alpha value is -4.49. The van der Waals surface area contributed by atoms with Crippen LogP contribution in [0, 0.1) is 12.7 Å². The monoisotopic (exact) mass is 493 g/mol. The number of rotatable bonds is 5. The van der Waals surface area contributed by atoms with Gasteiger partial charge in [0.05, 0.1) is 11.1 Å². The van der Waals surface area contributed by atoms with E-state index >= 15 is 0 Å². The number of nitrogens with one attached hydrogen (secondary N) is 1. The standard InChI is InChI=1S/C21H15F4N5O5/c1-9-3-4-15(35-8-16(31)32)14(5-9)30-13-6-10(11(22)7-12(13)27-28-30)17-18(21(23,24)25)29(2)20(34)26-19(17)33/h3-7H,8H2,1-2H3,(H,31,32)(H,26,33,34). The van der Waals surface area contributed by atoms with Gasteiger partial charge in [-0.1, -0.05) is 11.3 Å².